The number of anilines is 1. The van der Waals surface area contributed by atoms with Gasteiger partial charge in [-0.3, -0.25) is 0 Å². The van der Waals surface area contributed by atoms with Crippen LogP contribution in [-0.4, -0.2) is 9.78 Å². The number of benzene rings is 1. The van der Waals surface area contributed by atoms with Crippen LogP contribution < -0.4 is 5.73 Å². The lowest BCUT2D eigenvalue weighted by Crippen LogP contribution is -2.02. The summed E-state index contributed by atoms with van der Waals surface area (Å²) in [5.41, 5.74) is 7.34. The van der Waals surface area contributed by atoms with Gasteiger partial charge in [-0.2, -0.15) is 5.10 Å². The van der Waals surface area contributed by atoms with Gasteiger partial charge in [-0.1, -0.05) is 6.07 Å². The highest BCUT2D eigenvalue weighted by atomic mass is 127. The van der Waals surface area contributed by atoms with Crippen LogP contribution in [0, 0.1) is 16.3 Å². The largest absolute Gasteiger partial charge is 0.383 e. The standard InChI is InChI=1S/C10H9FIN3/c1-6-9(12)10(13)15(14-6)8-4-2-3-7(11)5-8/h2-5H,13H2,1H3. The summed E-state index contributed by atoms with van der Waals surface area (Å²) in [6, 6.07) is 6.19. The first-order chi connectivity index (χ1) is 7.09. The Morgan fingerprint density at radius 2 is 2.20 bits per heavy atom. The van der Waals surface area contributed by atoms with Crippen LogP contribution in [0.25, 0.3) is 5.69 Å². The highest BCUT2D eigenvalue weighted by Gasteiger charge is 2.10. The summed E-state index contributed by atoms with van der Waals surface area (Å²) in [6.45, 7) is 1.87. The lowest BCUT2D eigenvalue weighted by atomic mass is 10.3. The van der Waals surface area contributed by atoms with E-state index in [1.165, 1.54) is 12.1 Å². The van der Waals surface area contributed by atoms with Crippen molar-refractivity contribution in [2.24, 2.45) is 0 Å². The molecule has 0 spiro atoms. The van der Waals surface area contributed by atoms with Crippen LogP contribution in [0.3, 0.4) is 0 Å². The van der Waals surface area contributed by atoms with Crippen molar-refractivity contribution in [3.8, 4) is 5.69 Å². The summed E-state index contributed by atoms with van der Waals surface area (Å²) in [5, 5.41) is 4.24. The smallest absolute Gasteiger partial charge is 0.140 e. The molecule has 1 heterocycles. The fraction of sp³-hybridized carbons (Fsp3) is 0.100. The number of nitrogens with two attached hydrogens (primary N) is 1. The maximum atomic E-state index is 13.0. The lowest BCUT2D eigenvalue weighted by Gasteiger charge is -2.03. The van der Waals surface area contributed by atoms with E-state index in [0.29, 0.717) is 11.5 Å². The Bertz CT molecular complexity index is 507. The van der Waals surface area contributed by atoms with E-state index in [-0.39, 0.29) is 5.82 Å². The van der Waals surface area contributed by atoms with E-state index in [1.807, 2.05) is 6.92 Å². The summed E-state index contributed by atoms with van der Waals surface area (Å²) in [7, 11) is 0. The molecule has 2 aromatic rings. The minimum atomic E-state index is -0.296. The minimum Gasteiger partial charge on any atom is -0.383 e. The Kier molecular flexibility index (Phi) is 2.64. The van der Waals surface area contributed by atoms with E-state index < -0.39 is 0 Å². The molecule has 3 nitrogen and oxygen atoms in total. The van der Waals surface area contributed by atoms with Crippen LogP contribution >= 0.6 is 22.6 Å². The molecule has 0 bridgehead atoms. The molecule has 1 aromatic carbocycles. The third-order valence-electron chi connectivity index (χ3n) is 2.07. The first kappa shape index (κ1) is 10.4. The second-order valence-corrected chi connectivity index (χ2v) is 4.26. The van der Waals surface area contributed by atoms with Crippen LogP contribution in [0.2, 0.25) is 0 Å². The van der Waals surface area contributed by atoms with Crippen molar-refractivity contribution >= 4 is 28.4 Å². The summed E-state index contributed by atoms with van der Waals surface area (Å²) < 4.78 is 15.4. The average molecular weight is 317 g/mol. The van der Waals surface area contributed by atoms with Crippen molar-refractivity contribution < 1.29 is 4.39 Å². The second-order valence-electron chi connectivity index (χ2n) is 3.18. The van der Waals surface area contributed by atoms with Crippen LogP contribution in [0.5, 0.6) is 0 Å². The lowest BCUT2D eigenvalue weighted by molar-refractivity contribution is 0.625. The summed E-state index contributed by atoms with van der Waals surface area (Å²) in [5.74, 6) is 0.244. The highest BCUT2D eigenvalue weighted by molar-refractivity contribution is 14.1. The molecule has 0 saturated heterocycles. The van der Waals surface area contributed by atoms with Gasteiger partial charge < -0.3 is 5.73 Å². The van der Waals surface area contributed by atoms with Crippen molar-refractivity contribution in [3.05, 3.63) is 39.3 Å². The first-order valence-electron chi connectivity index (χ1n) is 4.36. The van der Waals surface area contributed by atoms with Crippen molar-refractivity contribution in [2.75, 3.05) is 5.73 Å². The summed E-state index contributed by atoms with van der Waals surface area (Å²) in [4.78, 5) is 0. The number of nitrogens with zero attached hydrogens (tertiary/aromatic N) is 2. The summed E-state index contributed by atoms with van der Waals surface area (Å²) in [6.07, 6.45) is 0. The zero-order valence-corrected chi connectivity index (χ0v) is 10.2. The predicted molar refractivity (Wildman–Crippen MR) is 65.4 cm³/mol. The monoisotopic (exact) mass is 317 g/mol. The molecule has 1 aromatic heterocycles. The zero-order chi connectivity index (χ0) is 11.0. The minimum absolute atomic E-state index is 0.296. The third kappa shape index (κ3) is 1.83. The topological polar surface area (TPSA) is 43.8 Å². The maximum absolute atomic E-state index is 13.0. The molecule has 2 rings (SSSR count). The van der Waals surface area contributed by atoms with Crippen LogP contribution in [-0.2, 0) is 0 Å². The third-order valence-corrected chi connectivity index (χ3v) is 3.41. The van der Waals surface area contributed by atoms with E-state index in [0.717, 1.165) is 9.26 Å². The molecular weight excluding hydrogens is 308 g/mol. The highest BCUT2D eigenvalue weighted by Crippen LogP contribution is 2.22. The van der Waals surface area contributed by atoms with Gasteiger partial charge in [0.25, 0.3) is 0 Å². The Morgan fingerprint density at radius 3 is 2.73 bits per heavy atom. The van der Waals surface area contributed by atoms with Gasteiger partial charge in [0.15, 0.2) is 0 Å². The Morgan fingerprint density at radius 1 is 1.47 bits per heavy atom. The number of rotatable bonds is 1. The molecule has 0 fully saturated rings. The predicted octanol–water partition coefficient (Wildman–Crippen LogP) is 2.51. The van der Waals surface area contributed by atoms with Crippen LogP contribution in [0.15, 0.2) is 24.3 Å². The van der Waals surface area contributed by atoms with Crippen molar-refractivity contribution in [2.45, 2.75) is 6.92 Å². The Balaban J connectivity index is 2.59. The molecule has 5 heteroatoms. The molecular formula is C10H9FIN3. The van der Waals surface area contributed by atoms with Gasteiger partial charge in [-0.15, -0.1) is 0 Å². The number of hydrogen-bond acceptors (Lipinski definition) is 2. The quantitative estimate of drug-likeness (QED) is 0.822. The van der Waals surface area contributed by atoms with Gasteiger partial charge in [0.05, 0.1) is 15.0 Å². The number of hydrogen-bond donors (Lipinski definition) is 1. The second kappa shape index (κ2) is 3.80. The van der Waals surface area contributed by atoms with Crippen LogP contribution in [0.1, 0.15) is 5.69 Å². The van der Waals surface area contributed by atoms with E-state index in [4.69, 9.17) is 5.73 Å². The molecule has 0 aliphatic rings. The molecule has 78 valence electrons. The Hall–Kier alpha value is -1.11. The molecule has 0 unspecified atom stereocenters. The fourth-order valence-corrected chi connectivity index (χ4v) is 1.67. The van der Waals surface area contributed by atoms with Gasteiger partial charge in [0, 0.05) is 0 Å². The molecule has 0 atom stereocenters. The maximum Gasteiger partial charge on any atom is 0.140 e. The molecule has 0 aliphatic heterocycles. The number of nitrogen functional groups attached to an aromatic ring is 1. The summed E-state index contributed by atoms with van der Waals surface area (Å²) >= 11 is 2.12. The Labute approximate surface area is 100 Å². The van der Waals surface area contributed by atoms with Crippen LogP contribution in [0.4, 0.5) is 10.2 Å². The molecule has 0 saturated carbocycles. The normalized spacial score (nSPS) is 10.6. The SMILES string of the molecule is Cc1nn(-c2cccc(F)c2)c(N)c1I. The molecule has 0 radical (unpaired) electrons. The van der Waals surface area contributed by atoms with Crippen molar-refractivity contribution in [1.29, 1.82) is 0 Å². The fourth-order valence-electron chi connectivity index (χ4n) is 1.33. The van der Waals surface area contributed by atoms with Gasteiger partial charge in [0.2, 0.25) is 0 Å². The van der Waals surface area contributed by atoms with E-state index >= 15 is 0 Å². The first-order valence-corrected chi connectivity index (χ1v) is 5.44. The van der Waals surface area contributed by atoms with E-state index in [9.17, 15) is 4.39 Å². The number of halogens is 2. The van der Waals surface area contributed by atoms with Gasteiger partial charge in [-0.25, -0.2) is 9.07 Å². The van der Waals surface area contributed by atoms with Crippen molar-refractivity contribution in [1.82, 2.24) is 9.78 Å². The zero-order valence-electron chi connectivity index (χ0n) is 8.04. The average Bonchev–Trinajstić information content (AvgIpc) is 2.46. The van der Waals surface area contributed by atoms with E-state index in [2.05, 4.69) is 27.7 Å². The van der Waals surface area contributed by atoms with E-state index in [1.54, 1.807) is 16.8 Å². The molecule has 0 amide bonds. The van der Waals surface area contributed by atoms with Crippen molar-refractivity contribution in [3.63, 3.8) is 0 Å². The van der Waals surface area contributed by atoms with Gasteiger partial charge in [-0.05, 0) is 47.7 Å². The van der Waals surface area contributed by atoms with Gasteiger partial charge in [0.1, 0.15) is 11.6 Å². The van der Waals surface area contributed by atoms with Gasteiger partial charge >= 0.3 is 0 Å². The molecule has 0 aliphatic carbocycles. The number of aromatic nitrogens is 2. The molecule has 15 heavy (non-hydrogen) atoms. The number of aryl methyl sites for hydroxylation is 1. The molecule has 2 N–H and O–H groups in total.